The quantitative estimate of drug-likeness (QED) is 0.654. The highest BCUT2D eigenvalue weighted by molar-refractivity contribution is 7.98. The third-order valence-corrected chi connectivity index (χ3v) is 4.43. The lowest BCUT2D eigenvalue weighted by atomic mass is 10.1. The van der Waals surface area contributed by atoms with Crippen molar-refractivity contribution in [1.82, 2.24) is 20.2 Å². The number of amides is 1. The molecule has 2 aromatic carbocycles. The lowest BCUT2D eigenvalue weighted by molar-refractivity contribution is 0.100. The van der Waals surface area contributed by atoms with E-state index in [1.54, 1.807) is 16.8 Å². The maximum atomic E-state index is 11.1. The van der Waals surface area contributed by atoms with Gasteiger partial charge in [-0.3, -0.25) is 4.79 Å². The molecule has 0 radical (unpaired) electrons. The highest BCUT2D eigenvalue weighted by atomic mass is 32.2. The molecule has 0 saturated heterocycles. The Hall–Kier alpha value is -2.87. The van der Waals surface area contributed by atoms with Crippen molar-refractivity contribution in [3.05, 3.63) is 59.7 Å². The molecule has 0 aliphatic carbocycles. The zero-order valence-electron chi connectivity index (χ0n) is 13.6. The van der Waals surface area contributed by atoms with Gasteiger partial charge in [0, 0.05) is 11.3 Å². The second kappa shape index (κ2) is 7.80. The molecule has 0 fully saturated rings. The van der Waals surface area contributed by atoms with Crippen molar-refractivity contribution in [1.29, 1.82) is 0 Å². The number of nitrogens with two attached hydrogens (primary N) is 1. The van der Waals surface area contributed by atoms with Crippen LogP contribution in [0.5, 0.6) is 5.75 Å². The summed E-state index contributed by atoms with van der Waals surface area (Å²) in [5, 5.41) is 12.6. The predicted molar refractivity (Wildman–Crippen MR) is 94.8 cm³/mol. The molecule has 1 aromatic heterocycles. The molecule has 1 amide bonds. The lowest BCUT2D eigenvalue weighted by Gasteiger charge is -2.10. The van der Waals surface area contributed by atoms with Crippen LogP contribution in [0.4, 0.5) is 0 Å². The molecule has 25 heavy (non-hydrogen) atoms. The Bertz CT molecular complexity index is 863. The Morgan fingerprint density at radius 3 is 2.68 bits per heavy atom. The molecule has 128 valence electrons. The molecule has 3 aromatic rings. The van der Waals surface area contributed by atoms with E-state index in [0.29, 0.717) is 23.1 Å². The summed E-state index contributed by atoms with van der Waals surface area (Å²) in [6, 6.07) is 14.8. The number of carbonyl (C=O) groups is 1. The summed E-state index contributed by atoms with van der Waals surface area (Å²) in [6.07, 6.45) is 0. The molecule has 0 spiro atoms. The molecule has 1 heterocycles. The van der Waals surface area contributed by atoms with Crippen molar-refractivity contribution >= 4 is 17.7 Å². The fourth-order valence-electron chi connectivity index (χ4n) is 2.24. The average molecular weight is 355 g/mol. The number of ether oxygens (including phenoxy) is 1. The normalized spacial score (nSPS) is 10.6. The van der Waals surface area contributed by atoms with Gasteiger partial charge in [-0.25, -0.2) is 0 Å². The van der Waals surface area contributed by atoms with Gasteiger partial charge in [0.05, 0.1) is 6.61 Å². The molecular weight excluding hydrogens is 338 g/mol. The van der Waals surface area contributed by atoms with Crippen LogP contribution in [0.25, 0.3) is 5.69 Å². The Morgan fingerprint density at radius 1 is 1.20 bits per heavy atom. The van der Waals surface area contributed by atoms with E-state index in [1.807, 2.05) is 43.3 Å². The molecule has 0 atom stereocenters. The molecule has 0 unspecified atom stereocenters. The molecule has 0 saturated carbocycles. The number of nitrogens with zero attached hydrogens (tertiary/aromatic N) is 4. The van der Waals surface area contributed by atoms with Crippen LogP contribution in [0.15, 0.2) is 53.7 Å². The van der Waals surface area contributed by atoms with E-state index >= 15 is 0 Å². The molecule has 0 bridgehead atoms. The number of hydrogen-bond donors (Lipinski definition) is 1. The van der Waals surface area contributed by atoms with Crippen LogP contribution < -0.4 is 10.5 Å². The van der Waals surface area contributed by atoms with Crippen LogP contribution in [-0.2, 0) is 5.75 Å². The Kier molecular flexibility index (Phi) is 5.30. The van der Waals surface area contributed by atoms with E-state index in [4.69, 9.17) is 10.5 Å². The van der Waals surface area contributed by atoms with Gasteiger partial charge >= 0.3 is 0 Å². The molecule has 3 rings (SSSR count). The maximum Gasteiger partial charge on any atom is 0.248 e. The monoisotopic (exact) mass is 355 g/mol. The van der Waals surface area contributed by atoms with Gasteiger partial charge in [-0.2, -0.15) is 4.68 Å². The minimum absolute atomic E-state index is 0.435. The Balaban J connectivity index is 1.77. The molecule has 7 nitrogen and oxygen atoms in total. The van der Waals surface area contributed by atoms with Crippen molar-refractivity contribution < 1.29 is 9.53 Å². The molecule has 2 N–H and O–H groups in total. The molecule has 0 aliphatic rings. The van der Waals surface area contributed by atoms with Gasteiger partial charge in [0.15, 0.2) is 0 Å². The first-order valence-corrected chi connectivity index (χ1v) is 8.69. The topological polar surface area (TPSA) is 95.9 Å². The second-order valence-corrected chi connectivity index (χ2v) is 6.07. The Morgan fingerprint density at radius 2 is 1.96 bits per heavy atom. The summed E-state index contributed by atoms with van der Waals surface area (Å²) in [5.41, 5.74) is 7.58. The fourth-order valence-corrected chi connectivity index (χ4v) is 3.08. The first-order chi connectivity index (χ1) is 12.2. The number of tetrazole rings is 1. The van der Waals surface area contributed by atoms with Gasteiger partial charge in [0.2, 0.25) is 11.1 Å². The average Bonchev–Trinajstić information content (AvgIpc) is 3.09. The smallest absolute Gasteiger partial charge is 0.248 e. The first-order valence-electron chi connectivity index (χ1n) is 7.71. The number of primary amides is 1. The second-order valence-electron chi connectivity index (χ2n) is 5.12. The largest absolute Gasteiger partial charge is 0.492 e. The van der Waals surface area contributed by atoms with Crippen molar-refractivity contribution in [2.24, 2.45) is 5.73 Å². The zero-order valence-corrected chi connectivity index (χ0v) is 14.4. The number of carbonyl (C=O) groups excluding carboxylic acids is 1. The summed E-state index contributed by atoms with van der Waals surface area (Å²) in [4.78, 5) is 11.1. The van der Waals surface area contributed by atoms with Crippen molar-refractivity contribution in [2.75, 3.05) is 6.61 Å². The predicted octanol–water partition coefficient (Wildman–Crippen LogP) is 2.45. The summed E-state index contributed by atoms with van der Waals surface area (Å²) in [6.45, 7) is 2.50. The van der Waals surface area contributed by atoms with Gasteiger partial charge < -0.3 is 10.5 Å². The summed E-state index contributed by atoms with van der Waals surface area (Å²) in [5.74, 6) is 0.955. The molecule has 0 aliphatic heterocycles. The minimum Gasteiger partial charge on any atom is -0.492 e. The van der Waals surface area contributed by atoms with Crippen molar-refractivity contribution in [3.63, 3.8) is 0 Å². The Labute approximate surface area is 149 Å². The standard InChI is InChI=1S/C17H17N5O2S/c1-2-24-15-6-4-3-5-14(15)22-17(19-20-21-22)25-11-12-7-9-13(10-8-12)16(18)23/h3-10H,2,11H2,1H3,(H2,18,23). The highest BCUT2D eigenvalue weighted by Gasteiger charge is 2.13. The van der Waals surface area contributed by atoms with Crippen molar-refractivity contribution in [2.45, 2.75) is 17.8 Å². The van der Waals surface area contributed by atoms with Crippen LogP contribution in [0.3, 0.4) is 0 Å². The number of rotatable bonds is 7. The van der Waals surface area contributed by atoms with Gasteiger partial charge in [0.1, 0.15) is 11.4 Å². The molecule has 8 heteroatoms. The van der Waals surface area contributed by atoms with E-state index in [0.717, 1.165) is 17.0 Å². The third kappa shape index (κ3) is 3.97. The van der Waals surface area contributed by atoms with Gasteiger partial charge in [-0.05, 0) is 47.2 Å². The maximum absolute atomic E-state index is 11.1. The van der Waals surface area contributed by atoms with Crippen LogP contribution in [-0.4, -0.2) is 32.7 Å². The number of hydrogen-bond acceptors (Lipinski definition) is 6. The van der Waals surface area contributed by atoms with Gasteiger partial charge in [-0.1, -0.05) is 36.0 Å². The lowest BCUT2D eigenvalue weighted by Crippen LogP contribution is -2.10. The number of para-hydroxylation sites is 2. The van der Waals surface area contributed by atoms with Crippen molar-refractivity contribution in [3.8, 4) is 11.4 Å². The van der Waals surface area contributed by atoms with Gasteiger partial charge in [-0.15, -0.1) is 5.10 Å². The van der Waals surface area contributed by atoms with Crippen LogP contribution in [0, 0.1) is 0 Å². The van der Waals surface area contributed by atoms with Gasteiger partial charge in [0.25, 0.3) is 0 Å². The van der Waals surface area contributed by atoms with Crippen LogP contribution in [0.2, 0.25) is 0 Å². The van der Waals surface area contributed by atoms with Crippen LogP contribution >= 0.6 is 11.8 Å². The number of benzene rings is 2. The fraction of sp³-hybridized carbons (Fsp3) is 0.176. The summed E-state index contributed by atoms with van der Waals surface area (Å²) >= 11 is 1.50. The van der Waals surface area contributed by atoms with E-state index in [-0.39, 0.29) is 0 Å². The van der Waals surface area contributed by atoms with E-state index < -0.39 is 5.91 Å². The van der Waals surface area contributed by atoms with E-state index in [9.17, 15) is 4.79 Å². The van der Waals surface area contributed by atoms with E-state index in [1.165, 1.54) is 11.8 Å². The SMILES string of the molecule is CCOc1ccccc1-n1nnnc1SCc1ccc(C(N)=O)cc1. The van der Waals surface area contributed by atoms with E-state index in [2.05, 4.69) is 15.5 Å². The zero-order chi connectivity index (χ0) is 17.6. The summed E-state index contributed by atoms with van der Waals surface area (Å²) in [7, 11) is 0. The molecular formula is C17H17N5O2S. The summed E-state index contributed by atoms with van der Waals surface area (Å²) < 4.78 is 7.30. The highest BCUT2D eigenvalue weighted by Crippen LogP contribution is 2.27. The van der Waals surface area contributed by atoms with Crippen LogP contribution in [0.1, 0.15) is 22.8 Å². The first kappa shape index (κ1) is 17.0. The minimum atomic E-state index is -0.435. The third-order valence-electron chi connectivity index (χ3n) is 3.44. The number of aromatic nitrogens is 4. The number of thioether (sulfide) groups is 1.